The van der Waals surface area contributed by atoms with E-state index >= 15 is 0 Å². The molecule has 6 heteroatoms. The Morgan fingerprint density at radius 2 is 2.11 bits per heavy atom. The average molecular weight is 283 g/mol. The van der Waals surface area contributed by atoms with Gasteiger partial charge in [0.15, 0.2) is 0 Å². The van der Waals surface area contributed by atoms with Crippen LogP contribution in [-0.4, -0.2) is 22.0 Å². The van der Waals surface area contributed by atoms with Crippen molar-refractivity contribution in [3.05, 3.63) is 23.0 Å². The highest BCUT2D eigenvalue weighted by atomic mass is 35.5. The number of nitrogens with zero attached hydrogens (tertiary/aromatic N) is 1. The summed E-state index contributed by atoms with van der Waals surface area (Å²) in [6.07, 6.45) is 3.09. The molecule has 0 radical (unpaired) electrons. The number of aliphatic carboxylic acids is 1. The number of rotatable bonds is 3. The van der Waals surface area contributed by atoms with Gasteiger partial charge in [-0.15, -0.1) is 0 Å². The van der Waals surface area contributed by atoms with Crippen LogP contribution in [0.1, 0.15) is 24.8 Å². The van der Waals surface area contributed by atoms with Gasteiger partial charge in [-0.05, 0) is 37.8 Å². The van der Waals surface area contributed by atoms with Crippen molar-refractivity contribution in [2.45, 2.75) is 26.2 Å². The number of amides is 1. The van der Waals surface area contributed by atoms with Gasteiger partial charge in [0.05, 0.1) is 17.8 Å². The number of hydrogen-bond donors (Lipinski definition) is 2. The van der Waals surface area contributed by atoms with E-state index in [0.29, 0.717) is 30.1 Å². The number of aromatic nitrogens is 1. The van der Waals surface area contributed by atoms with Crippen LogP contribution in [0.5, 0.6) is 0 Å². The standard InChI is InChI=1S/C13H15ClN2O3/c1-7-4-11(14)15-6-10(7)16-12(17)8-2-3-9(5-8)13(18)19/h4,6,8-9H,2-3,5H2,1H3,(H,16,17)(H,18,19). The third kappa shape index (κ3) is 3.23. The number of carbonyl (C=O) groups is 2. The minimum atomic E-state index is -0.820. The summed E-state index contributed by atoms with van der Waals surface area (Å²) in [5.41, 5.74) is 1.45. The lowest BCUT2D eigenvalue weighted by Gasteiger charge is -2.12. The van der Waals surface area contributed by atoms with Gasteiger partial charge in [-0.1, -0.05) is 11.6 Å². The van der Waals surface area contributed by atoms with Crippen LogP contribution >= 0.6 is 11.6 Å². The first-order valence-corrected chi connectivity index (χ1v) is 6.51. The van der Waals surface area contributed by atoms with E-state index in [0.717, 1.165) is 5.56 Å². The maximum Gasteiger partial charge on any atom is 0.306 e. The summed E-state index contributed by atoms with van der Waals surface area (Å²) >= 11 is 5.75. The Morgan fingerprint density at radius 1 is 1.42 bits per heavy atom. The highest BCUT2D eigenvalue weighted by Crippen LogP contribution is 2.32. The molecular formula is C13H15ClN2O3. The average Bonchev–Trinajstić information content (AvgIpc) is 2.82. The lowest BCUT2D eigenvalue weighted by molar-refractivity contribution is -0.141. The van der Waals surface area contributed by atoms with Gasteiger partial charge >= 0.3 is 5.97 Å². The summed E-state index contributed by atoms with van der Waals surface area (Å²) in [6.45, 7) is 1.83. The molecule has 1 saturated carbocycles. The highest BCUT2D eigenvalue weighted by Gasteiger charge is 2.33. The van der Waals surface area contributed by atoms with Crippen molar-refractivity contribution in [3.8, 4) is 0 Å². The van der Waals surface area contributed by atoms with Crippen molar-refractivity contribution >= 4 is 29.2 Å². The number of nitrogens with one attached hydrogen (secondary N) is 1. The van der Waals surface area contributed by atoms with Crippen molar-refractivity contribution in [2.75, 3.05) is 5.32 Å². The summed E-state index contributed by atoms with van der Waals surface area (Å²) in [5.74, 6) is -1.60. The van der Waals surface area contributed by atoms with Crippen LogP contribution in [0, 0.1) is 18.8 Å². The van der Waals surface area contributed by atoms with Crippen molar-refractivity contribution < 1.29 is 14.7 Å². The van der Waals surface area contributed by atoms with E-state index in [4.69, 9.17) is 16.7 Å². The van der Waals surface area contributed by atoms with E-state index in [-0.39, 0.29) is 11.8 Å². The Kier molecular flexibility index (Phi) is 4.04. The lowest BCUT2D eigenvalue weighted by Crippen LogP contribution is -2.22. The fraction of sp³-hybridized carbons (Fsp3) is 0.462. The van der Waals surface area contributed by atoms with Gasteiger partial charge in [0.1, 0.15) is 5.15 Å². The van der Waals surface area contributed by atoms with Gasteiger partial charge in [0.25, 0.3) is 0 Å². The molecule has 2 unspecified atom stereocenters. The zero-order valence-corrected chi connectivity index (χ0v) is 11.3. The molecule has 0 aliphatic heterocycles. The predicted molar refractivity (Wildman–Crippen MR) is 71.1 cm³/mol. The topological polar surface area (TPSA) is 79.3 Å². The number of halogens is 1. The first-order chi connectivity index (χ1) is 8.97. The van der Waals surface area contributed by atoms with Crippen molar-refractivity contribution in [2.24, 2.45) is 11.8 Å². The molecule has 1 fully saturated rings. The molecule has 2 atom stereocenters. The molecule has 1 aliphatic carbocycles. The fourth-order valence-corrected chi connectivity index (χ4v) is 2.54. The summed E-state index contributed by atoms with van der Waals surface area (Å²) in [5, 5.41) is 12.1. The molecule has 2 rings (SSSR count). The van der Waals surface area contributed by atoms with Gasteiger partial charge in [-0.3, -0.25) is 9.59 Å². The van der Waals surface area contributed by atoms with Gasteiger partial charge in [0, 0.05) is 5.92 Å². The predicted octanol–water partition coefficient (Wildman–Crippen LogP) is 2.48. The maximum atomic E-state index is 12.1. The van der Waals surface area contributed by atoms with E-state index in [2.05, 4.69) is 10.3 Å². The Balaban J connectivity index is 2.00. The van der Waals surface area contributed by atoms with Crippen LogP contribution in [0.25, 0.3) is 0 Å². The molecule has 19 heavy (non-hydrogen) atoms. The second-order valence-electron chi connectivity index (χ2n) is 4.86. The molecular weight excluding hydrogens is 268 g/mol. The van der Waals surface area contributed by atoms with Crippen molar-refractivity contribution in [3.63, 3.8) is 0 Å². The molecule has 1 aliphatic rings. The highest BCUT2D eigenvalue weighted by molar-refractivity contribution is 6.29. The number of aryl methyl sites for hydroxylation is 1. The Bertz CT molecular complexity index is 519. The fourth-order valence-electron chi connectivity index (χ4n) is 2.33. The van der Waals surface area contributed by atoms with Crippen LogP contribution in [0.15, 0.2) is 12.3 Å². The summed E-state index contributed by atoms with van der Waals surface area (Å²) in [4.78, 5) is 26.8. The first kappa shape index (κ1) is 13.8. The lowest BCUT2D eigenvalue weighted by atomic mass is 10.0. The minimum absolute atomic E-state index is 0.143. The van der Waals surface area contributed by atoms with Gasteiger partial charge < -0.3 is 10.4 Å². The Hall–Kier alpha value is -1.62. The normalized spacial score (nSPS) is 22.2. The minimum Gasteiger partial charge on any atom is -0.481 e. The summed E-state index contributed by atoms with van der Waals surface area (Å²) in [7, 11) is 0. The summed E-state index contributed by atoms with van der Waals surface area (Å²) < 4.78 is 0. The number of pyridine rings is 1. The second-order valence-corrected chi connectivity index (χ2v) is 5.24. The molecule has 0 aromatic carbocycles. The largest absolute Gasteiger partial charge is 0.481 e. The van der Waals surface area contributed by atoms with E-state index in [1.807, 2.05) is 6.92 Å². The second kappa shape index (κ2) is 5.57. The van der Waals surface area contributed by atoms with E-state index in [1.165, 1.54) is 6.20 Å². The van der Waals surface area contributed by atoms with E-state index < -0.39 is 11.9 Å². The number of anilines is 1. The zero-order valence-electron chi connectivity index (χ0n) is 10.5. The SMILES string of the molecule is Cc1cc(Cl)ncc1NC(=O)C1CCC(C(=O)O)C1. The van der Waals surface area contributed by atoms with E-state index in [9.17, 15) is 9.59 Å². The van der Waals surface area contributed by atoms with Crippen molar-refractivity contribution in [1.82, 2.24) is 4.98 Å². The van der Waals surface area contributed by atoms with Gasteiger partial charge in [-0.25, -0.2) is 4.98 Å². The zero-order chi connectivity index (χ0) is 14.0. The molecule has 0 spiro atoms. The number of carboxylic acid groups (broad SMARTS) is 1. The van der Waals surface area contributed by atoms with Crippen LogP contribution in [0.2, 0.25) is 5.15 Å². The first-order valence-electron chi connectivity index (χ1n) is 6.13. The third-order valence-electron chi connectivity index (χ3n) is 3.49. The molecule has 5 nitrogen and oxygen atoms in total. The number of carbonyl (C=O) groups excluding carboxylic acids is 1. The Morgan fingerprint density at radius 3 is 2.68 bits per heavy atom. The molecule has 1 amide bonds. The Labute approximate surface area is 116 Å². The third-order valence-corrected chi connectivity index (χ3v) is 3.69. The number of carboxylic acids is 1. The van der Waals surface area contributed by atoms with E-state index in [1.54, 1.807) is 6.07 Å². The smallest absolute Gasteiger partial charge is 0.306 e. The molecule has 0 saturated heterocycles. The monoisotopic (exact) mass is 282 g/mol. The van der Waals surface area contributed by atoms with Gasteiger partial charge in [-0.2, -0.15) is 0 Å². The van der Waals surface area contributed by atoms with Gasteiger partial charge in [0.2, 0.25) is 5.91 Å². The van der Waals surface area contributed by atoms with Crippen LogP contribution in [0.3, 0.4) is 0 Å². The summed E-state index contributed by atoms with van der Waals surface area (Å²) in [6, 6.07) is 1.67. The van der Waals surface area contributed by atoms with Crippen LogP contribution < -0.4 is 5.32 Å². The quantitative estimate of drug-likeness (QED) is 0.835. The molecule has 1 aromatic heterocycles. The molecule has 2 N–H and O–H groups in total. The molecule has 1 aromatic rings. The van der Waals surface area contributed by atoms with Crippen molar-refractivity contribution in [1.29, 1.82) is 0 Å². The van der Waals surface area contributed by atoms with Crippen LogP contribution in [-0.2, 0) is 9.59 Å². The molecule has 1 heterocycles. The molecule has 0 bridgehead atoms. The van der Waals surface area contributed by atoms with Crippen LogP contribution in [0.4, 0.5) is 5.69 Å². The number of hydrogen-bond acceptors (Lipinski definition) is 3. The maximum absolute atomic E-state index is 12.1. The molecule has 102 valence electrons.